The summed E-state index contributed by atoms with van der Waals surface area (Å²) in [7, 11) is 0. The van der Waals surface area contributed by atoms with Crippen molar-refractivity contribution in [2.75, 3.05) is 0 Å². The number of hydrogen-bond acceptors (Lipinski definition) is 6. The van der Waals surface area contributed by atoms with Gasteiger partial charge in [-0.1, -0.05) is 12.1 Å². The van der Waals surface area contributed by atoms with E-state index in [9.17, 15) is 5.26 Å². The van der Waals surface area contributed by atoms with Gasteiger partial charge in [0.2, 0.25) is 11.8 Å². The number of hydrogen-bond donors (Lipinski definition) is 1. The molecule has 0 bridgehead atoms. The predicted octanol–water partition coefficient (Wildman–Crippen LogP) is 3.37. The van der Waals surface area contributed by atoms with Gasteiger partial charge in [0.15, 0.2) is 0 Å². The molecular weight excluding hydrogens is 390 g/mol. The highest BCUT2D eigenvalue weighted by atomic mass is 16.5. The molecule has 1 aliphatic rings. The van der Waals surface area contributed by atoms with Crippen LogP contribution in [0, 0.1) is 11.3 Å². The average Bonchev–Trinajstić information content (AvgIpc) is 3.47. The highest BCUT2D eigenvalue weighted by molar-refractivity contribution is 5.70. The van der Waals surface area contributed by atoms with E-state index >= 15 is 0 Å². The second-order valence-electron chi connectivity index (χ2n) is 7.11. The molecule has 2 N–H and O–H groups in total. The first-order chi connectivity index (χ1) is 15.2. The van der Waals surface area contributed by atoms with Crippen LogP contribution < -0.4 is 10.5 Å². The van der Waals surface area contributed by atoms with Crippen LogP contribution in [-0.2, 0) is 6.54 Å². The minimum Gasteiger partial charge on any atom is -0.422 e. The number of pyridine rings is 1. The number of fused-ring (bicyclic) bond motifs is 1. The van der Waals surface area contributed by atoms with Crippen LogP contribution in [0.3, 0.4) is 0 Å². The summed E-state index contributed by atoms with van der Waals surface area (Å²) < 4.78 is 9.59. The Bertz CT molecular complexity index is 1300. The number of imidazole rings is 1. The first-order valence-electron chi connectivity index (χ1n) is 9.88. The smallest absolute Gasteiger partial charge is 0.224 e. The largest absolute Gasteiger partial charge is 0.422 e. The van der Waals surface area contributed by atoms with E-state index in [1.165, 1.54) is 0 Å². The van der Waals surface area contributed by atoms with Gasteiger partial charge in [0.05, 0.1) is 17.8 Å². The van der Waals surface area contributed by atoms with Crippen LogP contribution in [0.2, 0.25) is 0 Å². The Balaban J connectivity index is 1.70. The number of nitrogens with two attached hydrogens (primary N) is 1. The summed E-state index contributed by atoms with van der Waals surface area (Å²) in [6, 6.07) is 14.0. The molecule has 0 aliphatic carbocycles. The Hall–Kier alpha value is -4.38. The van der Waals surface area contributed by atoms with Gasteiger partial charge in [-0.25, -0.2) is 9.67 Å². The van der Waals surface area contributed by atoms with Gasteiger partial charge in [0.1, 0.15) is 17.3 Å². The minimum atomic E-state index is -0.402. The van der Waals surface area contributed by atoms with Gasteiger partial charge < -0.3 is 15.0 Å². The van der Waals surface area contributed by atoms with E-state index in [-0.39, 0.29) is 5.88 Å². The molecule has 1 aromatic carbocycles. The third kappa shape index (κ3) is 3.04. The van der Waals surface area contributed by atoms with Crippen LogP contribution in [-0.4, -0.2) is 24.3 Å². The number of nitrogens with zero attached hydrogens (tertiary/aromatic N) is 6. The molecule has 5 rings (SSSR count). The van der Waals surface area contributed by atoms with Gasteiger partial charge in [-0.15, -0.1) is 0 Å². The number of allylic oxidation sites excluding steroid dienone is 1. The van der Waals surface area contributed by atoms with Crippen molar-refractivity contribution in [1.29, 1.82) is 5.26 Å². The van der Waals surface area contributed by atoms with Gasteiger partial charge in [0.25, 0.3) is 0 Å². The SMILES string of the molecule is CCn1nc(-c2cccnc2)c2c1OC(N)=C(C#N)C2c1ccc(-n2ccnc2)cc1. The second kappa shape index (κ2) is 7.46. The van der Waals surface area contributed by atoms with E-state index in [2.05, 4.69) is 16.0 Å². The van der Waals surface area contributed by atoms with Gasteiger partial charge in [-0.2, -0.15) is 10.4 Å². The fourth-order valence-corrected chi connectivity index (χ4v) is 3.91. The molecule has 1 unspecified atom stereocenters. The lowest BCUT2D eigenvalue weighted by Crippen LogP contribution is -2.22. The van der Waals surface area contributed by atoms with Crippen molar-refractivity contribution in [2.45, 2.75) is 19.4 Å². The van der Waals surface area contributed by atoms with Gasteiger partial charge in [0, 0.05) is 42.6 Å². The average molecular weight is 409 g/mol. The summed E-state index contributed by atoms with van der Waals surface area (Å²) in [5.74, 6) is 0.258. The van der Waals surface area contributed by atoms with Crippen LogP contribution >= 0.6 is 0 Å². The van der Waals surface area contributed by atoms with E-state index in [1.807, 2.05) is 54.1 Å². The summed E-state index contributed by atoms with van der Waals surface area (Å²) in [6.07, 6.45) is 8.83. The predicted molar refractivity (Wildman–Crippen MR) is 114 cm³/mol. The van der Waals surface area contributed by atoms with E-state index in [0.29, 0.717) is 18.0 Å². The molecule has 3 aromatic heterocycles. The van der Waals surface area contributed by atoms with Crippen molar-refractivity contribution in [1.82, 2.24) is 24.3 Å². The van der Waals surface area contributed by atoms with Crippen LogP contribution in [0.25, 0.3) is 16.9 Å². The third-order valence-corrected chi connectivity index (χ3v) is 5.37. The zero-order valence-corrected chi connectivity index (χ0v) is 16.8. The lowest BCUT2D eigenvalue weighted by molar-refractivity contribution is 0.350. The van der Waals surface area contributed by atoms with Gasteiger partial charge in [-0.05, 0) is 36.8 Å². The van der Waals surface area contributed by atoms with Gasteiger partial charge in [-0.3, -0.25) is 4.98 Å². The monoisotopic (exact) mass is 409 g/mol. The number of rotatable bonds is 4. The van der Waals surface area contributed by atoms with E-state index in [0.717, 1.165) is 28.1 Å². The Morgan fingerprint density at radius 1 is 1.16 bits per heavy atom. The van der Waals surface area contributed by atoms with Crippen LogP contribution in [0.15, 0.2) is 79.0 Å². The number of nitriles is 1. The molecule has 1 aliphatic heterocycles. The molecule has 4 aromatic rings. The van der Waals surface area contributed by atoms with Crippen LogP contribution in [0.4, 0.5) is 0 Å². The van der Waals surface area contributed by atoms with Crippen molar-refractivity contribution in [3.8, 4) is 28.9 Å². The molecule has 4 heterocycles. The zero-order chi connectivity index (χ0) is 21.4. The number of ether oxygens (including phenoxy) is 1. The third-order valence-electron chi connectivity index (χ3n) is 5.37. The molecule has 0 saturated heterocycles. The fourth-order valence-electron chi connectivity index (χ4n) is 3.91. The van der Waals surface area contributed by atoms with Crippen LogP contribution in [0.5, 0.6) is 5.88 Å². The topological polar surface area (TPSA) is 108 Å². The highest BCUT2D eigenvalue weighted by Gasteiger charge is 2.37. The van der Waals surface area contributed by atoms with Crippen molar-refractivity contribution in [3.63, 3.8) is 0 Å². The maximum atomic E-state index is 9.93. The quantitative estimate of drug-likeness (QED) is 0.554. The number of benzene rings is 1. The minimum absolute atomic E-state index is 0.103. The molecule has 8 nitrogen and oxygen atoms in total. The molecule has 0 radical (unpaired) electrons. The van der Waals surface area contributed by atoms with Crippen molar-refractivity contribution in [3.05, 3.63) is 90.1 Å². The van der Waals surface area contributed by atoms with Gasteiger partial charge >= 0.3 is 0 Å². The van der Waals surface area contributed by atoms with E-state index < -0.39 is 5.92 Å². The lowest BCUT2D eigenvalue weighted by atomic mass is 9.83. The Kier molecular flexibility index (Phi) is 4.49. The second-order valence-corrected chi connectivity index (χ2v) is 7.11. The van der Waals surface area contributed by atoms with E-state index in [4.69, 9.17) is 15.6 Å². The molecule has 152 valence electrons. The van der Waals surface area contributed by atoms with Crippen LogP contribution in [0.1, 0.15) is 24.0 Å². The maximum absolute atomic E-state index is 9.93. The molecule has 31 heavy (non-hydrogen) atoms. The Morgan fingerprint density at radius 2 is 2.00 bits per heavy atom. The molecule has 1 atom stereocenters. The first kappa shape index (κ1) is 18.6. The first-order valence-corrected chi connectivity index (χ1v) is 9.88. The number of aryl methyl sites for hydroxylation is 1. The normalized spacial score (nSPS) is 15.3. The zero-order valence-electron chi connectivity index (χ0n) is 16.8. The number of aromatic nitrogens is 5. The molecule has 8 heteroatoms. The summed E-state index contributed by atoms with van der Waals surface area (Å²) in [4.78, 5) is 8.33. The Morgan fingerprint density at radius 3 is 2.65 bits per heavy atom. The van der Waals surface area contributed by atoms with E-state index in [1.54, 1.807) is 29.6 Å². The Labute approximate surface area is 178 Å². The maximum Gasteiger partial charge on any atom is 0.224 e. The van der Waals surface area contributed by atoms with Crippen molar-refractivity contribution >= 4 is 0 Å². The van der Waals surface area contributed by atoms with Crippen molar-refractivity contribution in [2.24, 2.45) is 5.73 Å². The summed E-state index contributed by atoms with van der Waals surface area (Å²) in [6.45, 7) is 2.59. The molecule has 0 saturated carbocycles. The lowest BCUT2D eigenvalue weighted by Gasteiger charge is -2.25. The highest BCUT2D eigenvalue weighted by Crippen LogP contribution is 2.46. The summed E-state index contributed by atoms with van der Waals surface area (Å²) in [5, 5.41) is 14.7. The fraction of sp³-hybridized carbons (Fsp3) is 0.130. The molecule has 0 fully saturated rings. The molecule has 0 spiro atoms. The summed E-state index contributed by atoms with van der Waals surface area (Å²) in [5.41, 5.74) is 10.8. The summed E-state index contributed by atoms with van der Waals surface area (Å²) >= 11 is 0. The van der Waals surface area contributed by atoms with Crippen molar-refractivity contribution < 1.29 is 4.74 Å². The molecular formula is C23H19N7O. The molecule has 0 amide bonds. The standard InChI is InChI=1S/C23H19N7O/c1-2-30-23-20(21(28-30)16-4-3-9-26-13-16)19(18(12-24)22(25)31-23)15-5-7-17(8-6-15)29-11-10-27-14-29/h3-11,13-14,19H,2,25H2,1H3.